The summed E-state index contributed by atoms with van der Waals surface area (Å²) in [6.07, 6.45) is 4.74. The standard InChI is InChI=1S/C25H33FN2O2/c1-30-24-8-3-2-7-23(24)28-16-14-27(15-17-28)19-21-6-4-5-13-25(21,29)18-20-9-11-22(26)12-10-20/h2-3,7-12,21,29H,4-6,13-19H2,1H3. The molecule has 2 unspecified atom stereocenters. The van der Waals surface area contributed by atoms with Crippen molar-refractivity contribution < 1.29 is 14.2 Å². The SMILES string of the molecule is COc1ccccc1N1CCN(CC2CCCCC2(O)Cc2ccc(F)cc2)CC1. The van der Waals surface area contributed by atoms with Crippen molar-refractivity contribution in [3.8, 4) is 5.75 Å². The van der Waals surface area contributed by atoms with Gasteiger partial charge < -0.3 is 14.7 Å². The van der Waals surface area contributed by atoms with Crippen LogP contribution in [0.1, 0.15) is 31.2 Å². The number of ether oxygens (including phenoxy) is 1. The minimum absolute atomic E-state index is 0.223. The first-order valence-electron chi connectivity index (χ1n) is 11.1. The summed E-state index contributed by atoms with van der Waals surface area (Å²) >= 11 is 0. The maximum Gasteiger partial charge on any atom is 0.142 e. The zero-order valence-electron chi connectivity index (χ0n) is 17.9. The Hall–Kier alpha value is -2.11. The van der Waals surface area contributed by atoms with Crippen molar-refractivity contribution in [3.63, 3.8) is 0 Å². The quantitative estimate of drug-likeness (QED) is 0.774. The average molecular weight is 413 g/mol. The number of halogens is 1. The minimum Gasteiger partial charge on any atom is -0.495 e. The predicted octanol–water partition coefficient (Wildman–Crippen LogP) is 4.12. The van der Waals surface area contributed by atoms with Crippen LogP contribution in [-0.4, -0.2) is 55.4 Å². The Balaban J connectivity index is 1.37. The maximum absolute atomic E-state index is 13.3. The smallest absolute Gasteiger partial charge is 0.142 e. The second kappa shape index (κ2) is 9.36. The third-order valence-electron chi connectivity index (χ3n) is 6.87. The summed E-state index contributed by atoms with van der Waals surface area (Å²) in [6.45, 7) is 4.83. The lowest BCUT2D eigenvalue weighted by molar-refractivity contribution is -0.0595. The van der Waals surface area contributed by atoms with E-state index in [1.54, 1.807) is 7.11 Å². The summed E-state index contributed by atoms with van der Waals surface area (Å²) in [6, 6.07) is 14.8. The molecule has 0 radical (unpaired) electrons. The Morgan fingerprint density at radius 2 is 1.77 bits per heavy atom. The molecule has 2 atom stereocenters. The fourth-order valence-corrected chi connectivity index (χ4v) is 5.12. The summed E-state index contributed by atoms with van der Waals surface area (Å²) in [5.41, 5.74) is 1.48. The molecule has 0 aromatic heterocycles. The topological polar surface area (TPSA) is 35.9 Å². The molecule has 2 fully saturated rings. The van der Waals surface area contributed by atoms with Gasteiger partial charge in [-0.05, 0) is 42.7 Å². The van der Waals surface area contributed by atoms with Gasteiger partial charge in [-0.25, -0.2) is 4.39 Å². The second-order valence-corrected chi connectivity index (χ2v) is 8.81. The molecular weight excluding hydrogens is 379 g/mol. The highest BCUT2D eigenvalue weighted by Gasteiger charge is 2.40. The fraction of sp³-hybridized carbons (Fsp3) is 0.520. The van der Waals surface area contributed by atoms with Gasteiger partial charge in [-0.3, -0.25) is 4.90 Å². The van der Waals surface area contributed by atoms with Crippen molar-refractivity contribution >= 4 is 5.69 Å². The van der Waals surface area contributed by atoms with Crippen molar-refractivity contribution in [1.82, 2.24) is 4.90 Å². The highest BCUT2D eigenvalue weighted by Crippen LogP contribution is 2.37. The van der Waals surface area contributed by atoms with Gasteiger partial charge in [0.25, 0.3) is 0 Å². The van der Waals surface area contributed by atoms with Gasteiger partial charge in [0.05, 0.1) is 18.4 Å². The Bertz CT molecular complexity index is 820. The molecule has 1 saturated carbocycles. The van der Waals surface area contributed by atoms with E-state index in [2.05, 4.69) is 21.9 Å². The van der Waals surface area contributed by atoms with E-state index in [1.807, 2.05) is 24.3 Å². The van der Waals surface area contributed by atoms with Crippen molar-refractivity contribution in [2.45, 2.75) is 37.7 Å². The summed E-state index contributed by atoms with van der Waals surface area (Å²) in [7, 11) is 1.72. The lowest BCUT2D eigenvalue weighted by atomic mass is 9.72. The van der Waals surface area contributed by atoms with Crippen molar-refractivity contribution in [2.75, 3.05) is 44.7 Å². The fourth-order valence-electron chi connectivity index (χ4n) is 5.12. The predicted molar refractivity (Wildman–Crippen MR) is 119 cm³/mol. The van der Waals surface area contributed by atoms with Crippen LogP contribution in [0.4, 0.5) is 10.1 Å². The lowest BCUT2D eigenvalue weighted by Crippen LogP contribution is -2.52. The zero-order valence-corrected chi connectivity index (χ0v) is 17.9. The molecule has 0 amide bonds. The maximum atomic E-state index is 13.3. The van der Waals surface area contributed by atoms with E-state index >= 15 is 0 Å². The number of anilines is 1. The van der Waals surface area contributed by atoms with Crippen molar-refractivity contribution in [1.29, 1.82) is 0 Å². The average Bonchev–Trinajstić information content (AvgIpc) is 2.77. The number of nitrogens with zero attached hydrogens (tertiary/aromatic N) is 2. The Morgan fingerprint density at radius 3 is 2.50 bits per heavy atom. The molecule has 0 bridgehead atoms. The Morgan fingerprint density at radius 1 is 1.03 bits per heavy atom. The molecule has 2 aromatic rings. The number of rotatable bonds is 6. The van der Waals surface area contributed by atoms with Gasteiger partial charge in [-0.2, -0.15) is 0 Å². The van der Waals surface area contributed by atoms with Gasteiger partial charge in [0.2, 0.25) is 0 Å². The number of piperazine rings is 1. The second-order valence-electron chi connectivity index (χ2n) is 8.81. The van der Waals surface area contributed by atoms with Gasteiger partial charge in [0.1, 0.15) is 11.6 Å². The van der Waals surface area contributed by atoms with E-state index in [-0.39, 0.29) is 11.7 Å². The first-order chi connectivity index (χ1) is 14.6. The molecule has 2 aliphatic rings. The molecule has 2 aromatic carbocycles. The van der Waals surface area contributed by atoms with Crippen LogP contribution >= 0.6 is 0 Å². The van der Waals surface area contributed by atoms with Gasteiger partial charge in [-0.1, -0.05) is 37.1 Å². The highest BCUT2D eigenvalue weighted by molar-refractivity contribution is 5.58. The van der Waals surface area contributed by atoms with E-state index in [9.17, 15) is 9.50 Å². The molecule has 1 saturated heterocycles. The Kier molecular flexibility index (Phi) is 6.59. The normalized spacial score (nSPS) is 25.3. The van der Waals surface area contributed by atoms with Crippen LogP contribution < -0.4 is 9.64 Å². The lowest BCUT2D eigenvalue weighted by Gasteiger charge is -2.44. The summed E-state index contributed by atoms with van der Waals surface area (Å²) in [4.78, 5) is 4.89. The third-order valence-corrected chi connectivity index (χ3v) is 6.87. The molecule has 30 heavy (non-hydrogen) atoms. The molecule has 0 spiro atoms. The number of aliphatic hydroxyl groups is 1. The monoisotopic (exact) mass is 412 g/mol. The molecule has 162 valence electrons. The molecule has 1 heterocycles. The molecular formula is C25H33FN2O2. The van der Waals surface area contributed by atoms with Crippen LogP contribution in [0, 0.1) is 11.7 Å². The van der Waals surface area contributed by atoms with E-state index in [0.29, 0.717) is 6.42 Å². The van der Waals surface area contributed by atoms with Gasteiger partial charge in [0, 0.05) is 45.1 Å². The van der Waals surface area contributed by atoms with Crippen LogP contribution in [-0.2, 0) is 6.42 Å². The van der Waals surface area contributed by atoms with E-state index in [0.717, 1.165) is 69.0 Å². The third kappa shape index (κ3) is 4.79. The molecule has 5 heteroatoms. The van der Waals surface area contributed by atoms with Crippen LogP contribution in [0.25, 0.3) is 0 Å². The first kappa shape index (κ1) is 21.1. The van der Waals surface area contributed by atoms with Gasteiger partial charge in [0.15, 0.2) is 0 Å². The molecule has 1 aliphatic heterocycles. The summed E-state index contributed by atoms with van der Waals surface area (Å²) < 4.78 is 18.8. The molecule has 4 nitrogen and oxygen atoms in total. The van der Waals surface area contributed by atoms with Gasteiger partial charge >= 0.3 is 0 Å². The van der Waals surface area contributed by atoms with E-state index < -0.39 is 5.60 Å². The van der Waals surface area contributed by atoms with Crippen molar-refractivity contribution in [2.24, 2.45) is 5.92 Å². The van der Waals surface area contributed by atoms with Crippen LogP contribution in [0.2, 0.25) is 0 Å². The Labute approximate surface area is 179 Å². The number of para-hydroxylation sites is 2. The van der Waals surface area contributed by atoms with Crippen LogP contribution in [0.5, 0.6) is 5.75 Å². The van der Waals surface area contributed by atoms with Gasteiger partial charge in [-0.15, -0.1) is 0 Å². The molecule has 1 aliphatic carbocycles. The largest absolute Gasteiger partial charge is 0.495 e. The number of methoxy groups -OCH3 is 1. The first-order valence-corrected chi connectivity index (χ1v) is 11.1. The van der Waals surface area contributed by atoms with Crippen molar-refractivity contribution in [3.05, 3.63) is 59.9 Å². The number of hydrogen-bond donors (Lipinski definition) is 1. The van der Waals surface area contributed by atoms with E-state index in [4.69, 9.17) is 4.74 Å². The summed E-state index contributed by atoms with van der Waals surface area (Å²) in [5.74, 6) is 0.958. The molecule has 1 N–H and O–H groups in total. The van der Waals surface area contributed by atoms with E-state index in [1.165, 1.54) is 18.6 Å². The minimum atomic E-state index is -0.699. The van der Waals surface area contributed by atoms with Crippen LogP contribution in [0.15, 0.2) is 48.5 Å². The zero-order chi connectivity index (χ0) is 21.0. The van der Waals surface area contributed by atoms with Crippen LogP contribution in [0.3, 0.4) is 0 Å². The highest BCUT2D eigenvalue weighted by atomic mass is 19.1. The molecule has 4 rings (SSSR count). The number of benzene rings is 2. The number of hydrogen-bond acceptors (Lipinski definition) is 4. The summed E-state index contributed by atoms with van der Waals surface area (Å²) in [5, 5.41) is 11.5.